The molecular weight excluding hydrogens is 524 g/mol. The number of methoxy groups -OCH3 is 1. The summed E-state index contributed by atoms with van der Waals surface area (Å²) in [6, 6.07) is 7.21. The summed E-state index contributed by atoms with van der Waals surface area (Å²) < 4.78 is 7.00. The first-order chi connectivity index (χ1) is 20.3. The second kappa shape index (κ2) is 20.1. The first-order valence-corrected chi connectivity index (χ1v) is 16.5. The number of carbonyl (C=O) groups is 3. The van der Waals surface area contributed by atoms with Crippen LogP contribution in [0.15, 0.2) is 24.3 Å². The molecule has 0 saturated carbocycles. The van der Waals surface area contributed by atoms with Gasteiger partial charge in [-0.1, -0.05) is 109 Å². The zero-order valence-corrected chi connectivity index (χ0v) is 26.9. The van der Waals surface area contributed by atoms with Crippen molar-refractivity contribution in [3.8, 4) is 0 Å². The van der Waals surface area contributed by atoms with Crippen molar-refractivity contribution in [2.24, 2.45) is 5.73 Å². The number of esters is 1. The van der Waals surface area contributed by atoms with Crippen LogP contribution >= 0.6 is 0 Å². The lowest BCUT2D eigenvalue weighted by atomic mass is 9.99. The Morgan fingerprint density at radius 2 is 1.24 bits per heavy atom. The molecule has 234 valence electrons. The maximum Gasteiger partial charge on any atom is 0.305 e. The number of primary amides is 1. The number of amides is 1. The number of ether oxygens (including phenoxy) is 1. The number of ketones is 1. The van der Waals surface area contributed by atoms with E-state index in [1.807, 2.05) is 26.0 Å². The molecule has 1 heterocycles. The normalized spacial score (nSPS) is 11.1. The number of carbonyl (C=O) groups excluding carboxylic acids is 3. The molecule has 0 aliphatic rings. The van der Waals surface area contributed by atoms with Gasteiger partial charge in [-0.3, -0.25) is 14.4 Å². The zero-order chi connectivity index (χ0) is 30.7. The van der Waals surface area contributed by atoms with Crippen molar-refractivity contribution in [3.05, 3.63) is 57.9 Å². The Balaban J connectivity index is 1.83. The Labute approximate surface area is 254 Å². The van der Waals surface area contributed by atoms with Crippen molar-refractivity contribution in [1.82, 2.24) is 4.57 Å². The predicted octanol–water partition coefficient (Wildman–Crippen LogP) is 8.80. The van der Waals surface area contributed by atoms with E-state index in [4.69, 9.17) is 10.5 Å². The smallest absolute Gasteiger partial charge is 0.305 e. The highest BCUT2D eigenvalue weighted by atomic mass is 16.5. The standard InChI is InChI=1S/C36H56N2O4/c1-5-6-7-8-9-10-11-12-13-14-15-16-17-18-19-20-33(39)35-28(2)32(25-26-34(40)42-4)38(29(35)3)27-30-21-23-31(24-22-30)36(37)41/h21-24H,5-20,25-27H2,1-4H3,(H2,37,41). The van der Waals surface area contributed by atoms with Crippen LogP contribution in [0.1, 0.15) is 159 Å². The molecule has 42 heavy (non-hydrogen) atoms. The van der Waals surface area contributed by atoms with Crippen molar-refractivity contribution in [1.29, 1.82) is 0 Å². The van der Waals surface area contributed by atoms with Crippen LogP contribution in [0.25, 0.3) is 0 Å². The molecule has 1 amide bonds. The molecule has 0 aliphatic heterocycles. The van der Waals surface area contributed by atoms with E-state index in [0.717, 1.165) is 40.9 Å². The van der Waals surface area contributed by atoms with E-state index in [0.29, 0.717) is 24.9 Å². The molecule has 0 atom stereocenters. The van der Waals surface area contributed by atoms with Gasteiger partial charge in [0.2, 0.25) is 5.91 Å². The molecular formula is C36H56N2O4. The Hall–Kier alpha value is -2.89. The molecule has 1 aromatic carbocycles. The number of Topliss-reactive ketones (excluding diaryl/α,β-unsaturated/α-hetero) is 1. The average Bonchev–Trinajstić information content (AvgIpc) is 3.21. The highest BCUT2D eigenvalue weighted by molar-refractivity contribution is 5.99. The molecule has 0 unspecified atom stereocenters. The molecule has 2 N–H and O–H groups in total. The van der Waals surface area contributed by atoms with Crippen LogP contribution in [0.2, 0.25) is 0 Å². The quantitative estimate of drug-likeness (QED) is 0.0807. The molecule has 0 fully saturated rings. The number of aromatic nitrogens is 1. The third-order valence-corrected chi connectivity index (χ3v) is 8.56. The third kappa shape index (κ3) is 12.1. The minimum atomic E-state index is -0.458. The van der Waals surface area contributed by atoms with Crippen molar-refractivity contribution < 1.29 is 19.1 Å². The molecule has 2 aromatic rings. The molecule has 0 saturated heterocycles. The Morgan fingerprint density at radius 3 is 1.71 bits per heavy atom. The van der Waals surface area contributed by atoms with Crippen LogP contribution in [0.5, 0.6) is 0 Å². The highest BCUT2D eigenvalue weighted by Gasteiger charge is 2.23. The topological polar surface area (TPSA) is 91.4 Å². The van der Waals surface area contributed by atoms with Crippen molar-refractivity contribution in [2.75, 3.05) is 7.11 Å². The molecule has 0 bridgehead atoms. The number of benzene rings is 1. The van der Waals surface area contributed by atoms with Gasteiger partial charge in [0, 0.05) is 35.5 Å². The van der Waals surface area contributed by atoms with Gasteiger partial charge in [0.15, 0.2) is 5.78 Å². The fourth-order valence-electron chi connectivity index (χ4n) is 5.96. The summed E-state index contributed by atoms with van der Waals surface area (Å²) in [5, 5.41) is 0. The molecule has 6 heteroatoms. The molecule has 0 spiro atoms. The van der Waals surface area contributed by atoms with E-state index in [1.165, 1.54) is 90.6 Å². The molecule has 2 rings (SSSR count). The Kier molecular flexibility index (Phi) is 16.9. The van der Waals surface area contributed by atoms with Crippen LogP contribution in [0, 0.1) is 13.8 Å². The lowest BCUT2D eigenvalue weighted by molar-refractivity contribution is -0.140. The van der Waals surface area contributed by atoms with Crippen LogP contribution in [0.3, 0.4) is 0 Å². The maximum absolute atomic E-state index is 13.4. The first kappa shape index (κ1) is 35.3. The monoisotopic (exact) mass is 580 g/mol. The summed E-state index contributed by atoms with van der Waals surface area (Å²) in [7, 11) is 1.39. The number of nitrogens with zero attached hydrogens (tertiary/aromatic N) is 1. The lowest BCUT2D eigenvalue weighted by Crippen LogP contribution is -2.12. The van der Waals surface area contributed by atoms with Crippen LogP contribution < -0.4 is 5.73 Å². The van der Waals surface area contributed by atoms with Gasteiger partial charge < -0.3 is 15.0 Å². The summed E-state index contributed by atoms with van der Waals surface area (Å²) in [6.45, 7) is 6.80. The zero-order valence-electron chi connectivity index (χ0n) is 26.9. The summed E-state index contributed by atoms with van der Waals surface area (Å²) >= 11 is 0. The second-order valence-electron chi connectivity index (χ2n) is 11.9. The van der Waals surface area contributed by atoms with Gasteiger partial charge in [-0.25, -0.2) is 0 Å². The number of hydrogen-bond acceptors (Lipinski definition) is 4. The van der Waals surface area contributed by atoms with E-state index < -0.39 is 5.91 Å². The summed E-state index contributed by atoms with van der Waals surface area (Å²) in [4.78, 5) is 36.8. The first-order valence-electron chi connectivity index (χ1n) is 16.5. The van der Waals surface area contributed by atoms with Gasteiger partial charge in [-0.2, -0.15) is 0 Å². The van der Waals surface area contributed by atoms with Crippen molar-refractivity contribution in [3.63, 3.8) is 0 Å². The summed E-state index contributed by atoms with van der Waals surface area (Å²) in [5.41, 5.74) is 10.5. The average molecular weight is 581 g/mol. The summed E-state index contributed by atoms with van der Waals surface area (Å²) in [5.74, 6) is -0.543. The van der Waals surface area contributed by atoms with Gasteiger partial charge in [0.1, 0.15) is 0 Å². The third-order valence-electron chi connectivity index (χ3n) is 8.56. The largest absolute Gasteiger partial charge is 0.469 e. The SMILES string of the molecule is CCCCCCCCCCCCCCCCCC(=O)c1c(C)c(CCC(=O)OC)n(Cc2ccc(C(N)=O)cc2)c1C. The van der Waals surface area contributed by atoms with Gasteiger partial charge >= 0.3 is 5.97 Å². The van der Waals surface area contributed by atoms with Gasteiger partial charge in [-0.05, 0) is 49.9 Å². The lowest BCUT2D eigenvalue weighted by Gasteiger charge is -2.13. The van der Waals surface area contributed by atoms with Gasteiger partial charge in [0.05, 0.1) is 13.5 Å². The summed E-state index contributed by atoms with van der Waals surface area (Å²) in [6.07, 6.45) is 20.8. The second-order valence-corrected chi connectivity index (χ2v) is 11.9. The van der Waals surface area contributed by atoms with Gasteiger partial charge in [-0.15, -0.1) is 0 Å². The Bertz CT molecular complexity index is 1100. The molecule has 6 nitrogen and oxygen atoms in total. The Morgan fingerprint density at radius 1 is 0.738 bits per heavy atom. The van der Waals surface area contributed by atoms with E-state index in [-0.39, 0.29) is 18.2 Å². The minimum absolute atomic E-state index is 0.182. The van der Waals surface area contributed by atoms with Gasteiger partial charge in [0.25, 0.3) is 0 Å². The van der Waals surface area contributed by atoms with Crippen LogP contribution in [0.4, 0.5) is 0 Å². The number of hydrogen-bond donors (Lipinski definition) is 1. The molecule has 0 radical (unpaired) electrons. The molecule has 0 aliphatic carbocycles. The van der Waals surface area contributed by atoms with E-state index >= 15 is 0 Å². The maximum atomic E-state index is 13.4. The minimum Gasteiger partial charge on any atom is -0.469 e. The van der Waals surface area contributed by atoms with Crippen LogP contribution in [-0.2, 0) is 22.5 Å². The predicted molar refractivity (Wildman–Crippen MR) is 172 cm³/mol. The fraction of sp³-hybridized carbons (Fsp3) is 0.639. The highest BCUT2D eigenvalue weighted by Crippen LogP contribution is 2.27. The molecule has 1 aromatic heterocycles. The number of rotatable bonds is 23. The van der Waals surface area contributed by atoms with Crippen LogP contribution in [-0.4, -0.2) is 29.3 Å². The van der Waals surface area contributed by atoms with E-state index in [1.54, 1.807) is 12.1 Å². The number of nitrogens with two attached hydrogens (primary N) is 1. The van der Waals surface area contributed by atoms with E-state index in [9.17, 15) is 14.4 Å². The van der Waals surface area contributed by atoms with E-state index in [2.05, 4.69) is 11.5 Å². The van der Waals surface area contributed by atoms with Crippen molar-refractivity contribution in [2.45, 2.75) is 143 Å². The number of unbranched alkanes of at least 4 members (excludes halogenated alkanes) is 14. The van der Waals surface area contributed by atoms with Crippen molar-refractivity contribution >= 4 is 17.7 Å². The fourth-order valence-corrected chi connectivity index (χ4v) is 5.96.